The van der Waals surface area contributed by atoms with Crippen LogP contribution in [-0.2, 0) is 16.0 Å². The lowest BCUT2D eigenvalue weighted by atomic mass is 9.58. The molecule has 5 rings (SSSR count). The molecule has 1 aromatic carbocycles. The highest BCUT2D eigenvalue weighted by Gasteiger charge is 2.63. The molecular formula is C28H25N3O7. The zero-order valence-electron chi connectivity index (χ0n) is 20.6. The molecule has 194 valence electrons. The highest BCUT2D eigenvalue weighted by Crippen LogP contribution is 2.52. The molecule has 38 heavy (non-hydrogen) atoms. The summed E-state index contributed by atoms with van der Waals surface area (Å²) in [6.07, 6.45) is 1.77. The first-order valence-corrected chi connectivity index (χ1v) is 11.9. The van der Waals surface area contributed by atoms with Crippen molar-refractivity contribution in [2.45, 2.75) is 24.5 Å². The summed E-state index contributed by atoms with van der Waals surface area (Å²) < 4.78 is 0. The normalized spacial score (nSPS) is 26.4. The largest absolute Gasteiger partial charge is 0.510 e. The molecule has 0 saturated heterocycles. The van der Waals surface area contributed by atoms with Crippen LogP contribution in [0.2, 0.25) is 0 Å². The number of Topliss-reactive ketones (excluding diaryl/α,β-unsaturated/α-hetero) is 2. The van der Waals surface area contributed by atoms with Gasteiger partial charge >= 0.3 is 0 Å². The Bertz CT molecular complexity index is 1530. The lowest BCUT2D eigenvalue weighted by molar-refractivity contribution is -0.148. The number of hydrogen-bond acceptors (Lipinski definition) is 9. The van der Waals surface area contributed by atoms with Gasteiger partial charge in [0.15, 0.2) is 11.4 Å². The number of aromatic hydroxyl groups is 1. The maximum absolute atomic E-state index is 13.7. The number of primary amides is 1. The molecule has 4 atom stereocenters. The van der Waals surface area contributed by atoms with Gasteiger partial charge in [-0.1, -0.05) is 12.0 Å². The van der Waals surface area contributed by atoms with Crippen molar-refractivity contribution in [3.05, 3.63) is 81.6 Å². The summed E-state index contributed by atoms with van der Waals surface area (Å²) in [4.78, 5) is 44.8. The number of ketones is 2. The van der Waals surface area contributed by atoms with Crippen LogP contribution in [-0.4, -0.2) is 73.5 Å². The van der Waals surface area contributed by atoms with Gasteiger partial charge in [0, 0.05) is 23.3 Å². The lowest BCUT2D eigenvalue weighted by Gasteiger charge is -2.50. The van der Waals surface area contributed by atoms with E-state index in [-0.39, 0.29) is 29.7 Å². The quantitative estimate of drug-likeness (QED) is 0.288. The summed E-state index contributed by atoms with van der Waals surface area (Å²) >= 11 is 0. The standard InChI is InChI=1S/C28H25N3O7/c1-31(2)22-17-12-14-11-16-13(6-8-15-5-3-4-10-30-15)7-9-18(32)20(16)23(33)19(14)25(35)28(17,38)26(36)21(24(22)34)27(29)37/h3-5,7,9-10,14,17,22,32,34-35,38H,11-12H2,1-2H3,(H2,29,37). The second kappa shape index (κ2) is 8.83. The van der Waals surface area contributed by atoms with E-state index in [2.05, 4.69) is 16.8 Å². The number of carbonyl (C=O) groups is 3. The highest BCUT2D eigenvalue weighted by atomic mass is 16.3. The van der Waals surface area contributed by atoms with Crippen LogP contribution in [0.5, 0.6) is 5.75 Å². The third kappa shape index (κ3) is 3.51. The van der Waals surface area contributed by atoms with Gasteiger partial charge in [-0.15, -0.1) is 0 Å². The average Bonchev–Trinajstić information content (AvgIpc) is 2.86. The van der Waals surface area contributed by atoms with Crippen LogP contribution in [0.15, 0.2) is 59.2 Å². The minimum atomic E-state index is -2.67. The van der Waals surface area contributed by atoms with E-state index < -0.39 is 58.0 Å². The molecule has 1 aromatic heterocycles. The Labute approximate surface area is 217 Å². The lowest BCUT2D eigenvalue weighted by Crippen LogP contribution is -2.63. The molecule has 0 bridgehead atoms. The van der Waals surface area contributed by atoms with Gasteiger partial charge in [-0.2, -0.15) is 0 Å². The maximum Gasteiger partial charge on any atom is 0.255 e. The van der Waals surface area contributed by atoms with E-state index >= 15 is 0 Å². The van der Waals surface area contributed by atoms with Gasteiger partial charge in [0.1, 0.15) is 28.5 Å². The summed E-state index contributed by atoms with van der Waals surface area (Å²) in [6.45, 7) is 0. The molecule has 0 aliphatic heterocycles. The van der Waals surface area contributed by atoms with Crippen LogP contribution in [0.25, 0.3) is 0 Å². The van der Waals surface area contributed by atoms with E-state index in [1.807, 2.05) is 0 Å². The van der Waals surface area contributed by atoms with E-state index in [9.17, 15) is 34.8 Å². The second-order valence-electron chi connectivity index (χ2n) is 9.91. The summed E-state index contributed by atoms with van der Waals surface area (Å²) in [5.41, 5.74) is 3.00. The van der Waals surface area contributed by atoms with E-state index in [1.165, 1.54) is 11.0 Å². The number of nitrogens with zero attached hydrogens (tertiary/aromatic N) is 2. The molecule has 0 saturated carbocycles. The number of aromatic nitrogens is 1. The van der Waals surface area contributed by atoms with E-state index in [0.717, 1.165) is 0 Å². The Hall–Kier alpha value is -4.46. The fraction of sp³-hybridized carbons (Fsp3) is 0.286. The molecule has 0 radical (unpaired) electrons. The van der Waals surface area contributed by atoms with Crippen LogP contribution in [0, 0.1) is 23.7 Å². The van der Waals surface area contributed by atoms with Crippen LogP contribution < -0.4 is 5.73 Å². The number of fused-ring (bicyclic) bond motifs is 3. The van der Waals surface area contributed by atoms with E-state index in [0.29, 0.717) is 16.8 Å². The molecule has 1 heterocycles. The Morgan fingerprint density at radius 1 is 1.13 bits per heavy atom. The van der Waals surface area contributed by atoms with Crippen molar-refractivity contribution in [3.63, 3.8) is 0 Å². The zero-order chi connectivity index (χ0) is 27.5. The molecule has 0 spiro atoms. The van der Waals surface area contributed by atoms with E-state index in [4.69, 9.17) is 5.73 Å². The number of amides is 1. The Kier molecular flexibility index (Phi) is 5.86. The molecule has 4 unspecified atom stereocenters. The van der Waals surface area contributed by atoms with Gasteiger partial charge in [-0.25, -0.2) is 4.98 Å². The Morgan fingerprint density at radius 3 is 2.50 bits per heavy atom. The summed E-state index contributed by atoms with van der Waals surface area (Å²) in [5.74, 6) is -0.957. The fourth-order valence-electron chi connectivity index (χ4n) is 5.94. The van der Waals surface area contributed by atoms with Crippen molar-refractivity contribution in [3.8, 4) is 17.6 Å². The Morgan fingerprint density at radius 2 is 1.87 bits per heavy atom. The molecule has 3 aliphatic rings. The maximum atomic E-state index is 13.7. The van der Waals surface area contributed by atoms with Gasteiger partial charge in [-0.3, -0.25) is 19.3 Å². The number of hydrogen-bond donors (Lipinski definition) is 5. The SMILES string of the molecule is CN(C)C1C(O)=C(C(N)=O)C(=O)C2(O)C(O)=C3C(=O)c4c(O)ccc(C#Cc5ccccn5)c4CC3CC12. The van der Waals surface area contributed by atoms with Gasteiger partial charge in [-0.05, 0) is 68.6 Å². The monoisotopic (exact) mass is 515 g/mol. The van der Waals surface area contributed by atoms with Gasteiger partial charge in [0.25, 0.3) is 5.91 Å². The highest BCUT2D eigenvalue weighted by molar-refractivity contribution is 6.24. The molecule has 1 amide bonds. The predicted molar refractivity (Wildman–Crippen MR) is 134 cm³/mol. The number of rotatable bonds is 2. The topological polar surface area (TPSA) is 174 Å². The molecule has 2 aromatic rings. The van der Waals surface area contributed by atoms with Crippen molar-refractivity contribution in [1.29, 1.82) is 0 Å². The first-order chi connectivity index (χ1) is 18.0. The molecular weight excluding hydrogens is 490 g/mol. The number of pyridine rings is 1. The van der Waals surface area contributed by atoms with Crippen molar-refractivity contribution >= 4 is 17.5 Å². The minimum absolute atomic E-state index is 0.00846. The van der Waals surface area contributed by atoms with Crippen molar-refractivity contribution < 1.29 is 34.8 Å². The van der Waals surface area contributed by atoms with Gasteiger partial charge in [0.05, 0.1) is 11.6 Å². The number of phenolic OH excluding ortho intramolecular Hbond substituents is 1. The smallest absolute Gasteiger partial charge is 0.255 e. The predicted octanol–water partition coefficient (Wildman–Crippen LogP) is 0.915. The molecule has 10 heteroatoms. The second-order valence-corrected chi connectivity index (χ2v) is 9.91. The van der Waals surface area contributed by atoms with Crippen molar-refractivity contribution in [1.82, 2.24) is 9.88 Å². The zero-order valence-corrected chi connectivity index (χ0v) is 20.6. The first kappa shape index (κ1) is 25.2. The summed E-state index contributed by atoms with van der Waals surface area (Å²) in [5, 5.41) is 44.4. The van der Waals surface area contributed by atoms with Crippen LogP contribution >= 0.6 is 0 Å². The van der Waals surface area contributed by atoms with Crippen LogP contribution in [0.4, 0.5) is 0 Å². The number of nitrogens with two attached hydrogens (primary N) is 1. The van der Waals surface area contributed by atoms with Crippen molar-refractivity contribution in [2.24, 2.45) is 17.6 Å². The third-order valence-corrected chi connectivity index (χ3v) is 7.60. The fourth-order valence-corrected chi connectivity index (χ4v) is 5.94. The number of benzene rings is 1. The first-order valence-electron chi connectivity index (χ1n) is 11.9. The third-order valence-electron chi connectivity index (χ3n) is 7.60. The van der Waals surface area contributed by atoms with Crippen molar-refractivity contribution in [2.75, 3.05) is 14.1 Å². The number of aliphatic hydroxyl groups excluding tert-OH is 2. The molecule has 10 nitrogen and oxygen atoms in total. The van der Waals surface area contributed by atoms with Crippen LogP contribution in [0.3, 0.4) is 0 Å². The number of carbonyl (C=O) groups excluding carboxylic acids is 3. The number of allylic oxidation sites excluding steroid dienone is 1. The van der Waals surface area contributed by atoms with Gasteiger partial charge in [0.2, 0.25) is 5.78 Å². The minimum Gasteiger partial charge on any atom is -0.510 e. The number of phenols is 1. The average molecular weight is 516 g/mol. The van der Waals surface area contributed by atoms with Gasteiger partial charge < -0.3 is 26.2 Å². The van der Waals surface area contributed by atoms with Crippen LogP contribution in [0.1, 0.15) is 33.6 Å². The molecule has 0 fully saturated rings. The number of likely N-dealkylation sites (N-methyl/N-ethyl adjacent to an activating group) is 1. The number of aliphatic hydroxyl groups is 3. The Balaban J connectivity index is 1.68. The summed E-state index contributed by atoms with van der Waals surface area (Å²) in [6, 6.07) is 7.13. The summed E-state index contributed by atoms with van der Waals surface area (Å²) in [7, 11) is 3.16. The molecule has 6 N–H and O–H groups in total. The van der Waals surface area contributed by atoms with E-state index in [1.54, 1.807) is 44.6 Å². The molecule has 3 aliphatic carbocycles.